The van der Waals surface area contributed by atoms with Gasteiger partial charge in [0.2, 0.25) is 0 Å². The Kier molecular flexibility index (Phi) is 6.35. The van der Waals surface area contributed by atoms with E-state index >= 15 is 0 Å². The quantitative estimate of drug-likeness (QED) is 0.544. The molecule has 0 radical (unpaired) electrons. The standard InChI is InChI=1S/C14H27N3/c1-4-6-14(15)8-12-10-17(3)11-13(12)9-16-7-5-2/h4,12-13,16H,5,7-11,15H2,1-3H3. The van der Waals surface area contributed by atoms with Gasteiger partial charge in [0.15, 0.2) is 0 Å². The van der Waals surface area contributed by atoms with Crippen LogP contribution in [0.2, 0.25) is 0 Å². The molecule has 1 aliphatic rings. The minimum atomic E-state index is 0.678. The molecule has 0 saturated carbocycles. The first-order valence-corrected chi connectivity index (χ1v) is 6.72. The first-order valence-electron chi connectivity index (χ1n) is 6.72. The summed E-state index contributed by atoms with van der Waals surface area (Å²) >= 11 is 0. The van der Waals surface area contributed by atoms with Crippen LogP contribution in [-0.2, 0) is 0 Å². The molecule has 0 amide bonds. The van der Waals surface area contributed by atoms with Crippen LogP contribution in [0.3, 0.4) is 0 Å². The van der Waals surface area contributed by atoms with Crippen LogP contribution in [0.1, 0.15) is 26.7 Å². The molecule has 2 atom stereocenters. The van der Waals surface area contributed by atoms with Gasteiger partial charge < -0.3 is 16.0 Å². The lowest BCUT2D eigenvalue weighted by Crippen LogP contribution is -2.29. The second-order valence-electron chi connectivity index (χ2n) is 5.11. The Hall–Kier alpha value is -0.760. The molecule has 17 heavy (non-hydrogen) atoms. The minimum absolute atomic E-state index is 0.678. The molecule has 0 bridgehead atoms. The summed E-state index contributed by atoms with van der Waals surface area (Å²) in [5, 5.41) is 3.53. The van der Waals surface area contributed by atoms with E-state index in [9.17, 15) is 0 Å². The normalized spacial score (nSPS) is 24.6. The number of rotatable bonds is 6. The third kappa shape index (κ3) is 4.95. The first kappa shape index (κ1) is 14.3. The third-order valence-corrected chi connectivity index (χ3v) is 3.40. The number of nitrogens with one attached hydrogen (secondary N) is 1. The first-order chi connectivity index (χ1) is 8.17. The van der Waals surface area contributed by atoms with Crippen molar-refractivity contribution >= 4 is 0 Å². The van der Waals surface area contributed by atoms with Gasteiger partial charge >= 0.3 is 0 Å². The zero-order chi connectivity index (χ0) is 12.7. The van der Waals surface area contributed by atoms with Crippen LogP contribution in [0.5, 0.6) is 0 Å². The van der Waals surface area contributed by atoms with Crippen molar-refractivity contribution in [2.24, 2.45) is 17.6 Å². The van der Waals surface area contributed by atoms with Crippen molar-refractivity contribution in [3.8, 4) is 0 Å². The highest BCUT2D eigenvalue weighted by atomic mass is 15.1. The summed E-state index contributed by atoms with van der Waals surface area (Å²) in [4.78, 5) is 2.41. The molecular formula is C14H27N3. The second kappa shape index (κ2) is 7.54. The Bertz CT molecular complexity index is 279. The van der Waals surface area contributed by atoms with Gasteiger partial charge in [-0.3, -0.25) is 0 Å². The topological polar surface area (TPSA) is 41.3 Å². The van der Waals surface area contributed by atoms with Gasteiger partial charge in [-0.15, -0.1) is 5.73 Å². The molecule has 0 spiro atoms. The molecule has 98 valence electrons. The fourth-order valence-corrected chi connectivity index (χ4v) is 2.63. The van der Waals surface area contributed by atoms with Gasteiger partial charge in [-0.05, 0) is 57.8 Å². The van der Waals surface area contributed by atoms with Gasteiger partial charge in [0, 0.05) is 13.1 Å². The summed E-state index contributed by atoms with van der Waals surface area (Å²) in [6.07, 6.45) is 4.08. The Balaban J connectivity index is 2.47. The molecule has 3 heteroatoms. The molecule has 1 rings (SSSR count). The van der Waals surface area contributed by atoms with Crippen LogP contribution in [-0.4, -0.2) is 38.1 Å². The Morgan fingerprint density at radius 2 is 2.18 bits per heavy atom. The highest BCUT2D eigenvalue weighted by Crippen LogP contribution is 2.26. The van der Waals surface area contributed by atoms with E-state index in [1.807, 2.05) is 13.0 Å². The molecule has 0 aromatic heterocycles. The summed E-state index contributed by atoms with van der Waals surface area (Å²) in [5.41, 5.74) is 9.96. The third-order valence-electron chi connectivity index (χ3n) is 3.40. The highest BCUT2D eigenvalue weighted by Gasteiger charge is 2.30. The van der Waals surface area contributed by atoms with E-state index < -0.39 is 0 Å². The average molecular weight is 237 g/mol. The van der Waals surface area contributed by atoms with Crippen molar-refractivity contribution in [1.29, 1.82) is 0 Å². The van der Waals surface area contributed by atoms with Gasteiger partial charge in [-0.2, -0.15) is 0 Å². The summed E-state index contributed by atoms with van der Waals surface area (Å²) < 4.78 is 0. The predicted molar refractivity (Wildman–Crippen MR) is 73.7 cm³/mol. The van der Waals surface area contributed by atoms with Crippen molar-refractivity contribution in [2.45, 2.75) is 26.7 Å². The van der Waals surface area contributed by atoms with Crippen molar-refractivity contribution in [3.63, 3.8) is 0 Å². The molecule has 1 aliphatic heterocycles. The fraction of sp³-hybridized carbons (Fsp3) is 0.786. The van der Waals surface area contributed by atoms with Gasteiger partial charge in [0.25, 0.3) is 0 Å². The maximum Gasteiger partial charge on any atom is 0.0511 e. The van der Waals surface area contributed by atoms with Crippen molar-refractivity contribution in [1.82, 2.24) is 10.2 Å². The zero-order valence-electron chi connectivity index (χ0n) is 11.5. The molecule has 2 unspecified atom stereocenters. The number of allylic oxidation sites excluding steroid dienone is 1. The Morgan fingerprint density at radius 1 is 1.47 bits per heavy atom. The zero-order valence-corrected chi connectivity index (χ0v) is 11.5. The summed E-state index contributed by atoms with van der Waals surface area (Å²) in [7, 11) is 2.20. The fourth-order valence-electron chi connectivity index (χ4n) is 2.63. The maximum absolute atomic E-state index is 5.96. The van der Waals surface area contributed by atoms with E-state index in [1.165, 1.54) is 13.0 Å². The Morgan fingerprint density at radius 3 is 2.82 bits per heavy atom. The largest absolute Gasteiger partial charge is 0.396 e. The molecule has 1 saturated heterocycles. The van der Waals surface area contributed by atoms with Crippen LogP contribution in [0, 0.1) is 11.8 Å². The van der Waals surface area contributed by atoms with E-state index in [1.54, 1.807) is 0 Å². The highest BCUT2D eigenvalue weighted by molar-refractivity contribution is 5.00. The van der Waals surface area contributed by atoms with Crippen LogP contribution in [0.15, 0.2) is 17.5 Å². The van der Waals surface area contributed by atoms with Gasteiger partial charge in [-0.25, -0.2) is 0 Å². The van der Waals surface area contributed by atoms with E-state index in [0.29, 0.717) is 5.92 Å². The lowest BCUT2D eigenvalue weighted by molar-refractivity contribution is 0.386. The van der Waals surface area contributed by atoms with Gasteiger partial charge in [-0.1, -0.05) is 6.92 Å². The number of hydrogen-bond donors (Lipinski definition) is 2. The number of hydrogen-bond acceptors (Lipinski definition) is 3. The van der Waals surface area contributed by atoms with Crippen molar-refractivity contribution in [3.05, 3.63) is 17.5 Å². The molecule has 1 heterocycles. The van der Waals surface area contributed by atoms with Crippen molar-refractivity contribution < 1.29 is 0 Å². The van der Waals surface area contributed by atoms with Crippen LogP contribution in [0.4, 0.5) is 0 Å². The van der Waals surface area contributed by atoms with E-state index in [-0.39, 0.29) is 0 Å². The maximum atomic E-state index is 5.96. The van der Waals surface area contributed by atoms with E-state index in [2.05, 4.69) is 29.9 Å². The molecule has 0 aromatic rings. The molecule has 1 fully saturated rings. The number of nitrogens with zero attached hydrogens (tertiary/aromatic N) is 1. The molecule has 0 aliphatic carbocycles. The molecular weight excluding hydrogens is 210 g/mol. The lowest BCUT2D eigenvalue weighted by Gasteiger charge is -2.18. The van der Waals surface area contributed by atoms with E-state index in [0.717, 1.165) is 37.7 Å². The monoisotopic (exact) mass is 237 g/mol. The summed E-state index contributed by atoms with van der Waals surface area (Å²) in [6, 6.07) is 0. The molecule has 0 aromatic carbocycles. The minimum Gasteiger partial charge on any atom is -0.396 e. The second-order valence-corrected chi connectivity index (χ2v) is 5.11. The van der Waals surface area contributed by atoms with E-state index in [4.69, 9.17) is 5.73 Å². The number of nitrogens with two attached hydrogens (primary N) is 1. The van der Waals surface area contributed by atoms with Gasteiger partial charge in [0.05, 0.1) is 5.70 Å². The lowest BCUT2D eigenvalue weighted by atomic mass is 9.91. The molecule has 3 N–H and O–H groups in total. The van der Waals surface area contributed by atoms with Gasteiger partial charge in [0.1, 0.15) is 0 Å². The number of likely N-dealkylation sites (tertiary alicyclic amines) is 1. The molecule has 3 nitrogen and oxygen atoms in total. The average Bonchev–Trinajstić information content (AvgIpc) is 2.60. The predicted octanol–water partition coefficient (Wildman–Crippen LogP) is 1.57. The Labute approximate surface area is 106 Å². The van der Waals surface area contributed by atoms with Crippen LogP contribution >= 0.6 is 0 Å². The van der Waals surface area contributed by atoms with Crippen LogP contribution < -0.4 is 11.1 Å². The van der Waals surface area contributed by atoms with Crippen molar-refractivity contribution in [2.75, 3.05) is 33.2 Å². The summed E-state index contributed by atoms with van der Waals surface area (Å²) in [6.45, 7) is 8.75. The van der Waals surface area contributed by atoms with Crippen LogP contribution in [0.25, 0.3) is 0 Å². The summed E-state index contributed by atoms with van der Waals surface area (Å²) in [5.74, 6) is 1.40. The SMILES string of the molecule is CC=C=C(N)CC1CN(C)CC1CNCCC. The smallest absolute Gasteiger partial charge is 0.0511 e.